The Hall–Kier alpha value is -14.2. The van der Waals surface area contributed by atoms with Crippen molar-refractivity contribution in [3.8, 4) is 50.5 Å². The van der Waals surface area contributed by atoms with Gasteiger partial charge in [-0.05, 0) is 251 Å². The molecule has 6 aromatic heterocycles. The third kappa shape index (κ3) is 24.8. The zero-order chi connectivity index (χ0) is 87.2. The summed E-state index contributed by atoms with van der Waals surface area (Å²) in [6.45, 7) is 7.88. The lowest BCUT2D eigenvalue weighted by Gasteiger charge is -2.28. The summed E-state index contributed by atoms with van der Waals surface area (Å²) >= 11 is 0. The van der Waals surface area contributed by atoms with Gasteiger partial charge in [-0.2, -0.15) is 0 Å². The van der Waals surface area contributed by atoms with Gasteiger partial charge in [-0.1, -0.05) is 67.8 Å². The average Bonchev–Trinajstić information content (AvgIpc) is 0.829. The van der Waals surface area contributed by atoms with E-state index in [9.17, 15) is 38.4 Å². The van der Waals surface area contributed by atoms with Crippen LogP contribution in [0.2, 0.25) is 0 Å². The molecule has 9 heterocycles. The van der Waals surface area contributed by atoms with Crippen LogP contribution in [0, 0.1) is 0 Å². The van der Waals surface area contributed by atoms with E-state index in [1.54, 1.807) is 93.6 Å². The number of amides is 4. The number of aliphatic hydroxyl groups is 1. The van der Waals surface area contributed by atoms with Crippen LogP contribution in [0.3, 0.4) is 0 Å². The van der Waals surface area contributed by atoms with E-state index >= 15 is 0 Å². The monoisotopic (exact) mass is 1680 g/mol. The molecule has 125 heavy (non-hydrogen) atoms. The Kier molecular flexibility index (Phi) is 31.6. The van der Waals surface area contributed by atoms with E-state index in [0.717, 1.165) is 90.0 Å². The molecule has 646 valence electrons. The molecule has 1 aliphatic carbocycles. The van der Waals surface area contributed by atoms with Crippen molar-refractivity contribution in [1.29, 1.82) is 0 Å². The topological polar surface area (TPSA) is 358 Å². The molecular formula is C98H108N16O11. The molecule has 27 heteroatoms. The fraction of sp³-hybridized carbons (Fsp3) is 0.286. The Morgan fingerprint density at radius 3 is 1.14 bits per heavy atom. The molecule has 0 atom stereocenters. The van der Waals surface area contributed by atoms with Crippen molar-refractivity contribution in [3.63, 3.8) is 0 Å². The number of hydrogen-bond donors (Lipinski definition) is 12. The number of carbonyl (C=O) groups is 4. The van der Waals surface area contributed by atoms with Gasteiger partial charge in [-0.3, -0.25) is 38.4 Å². The fourth-order valence-corrected chi connectivity index (χ4v) is 15.5. The van der Waals surface area contributed by atoms with Gasteiger partial charge in [0.15, 0.2) is 0 Å². The van der Waals surface area contributed by atoms with Crippen molar-refractivity contribution in [2.75, 3.05) is 139 Å². The molecule has 12 aromatic rings. The highest BCUT2D eigenvalue weighted by Crippen LogP contribution is 2.34. The minimum atomic E-state index is -0.387. The van der Waals surface area contributed by atoms with Crippen LogP contribution in [-0.2, 0) is 4.74 Å². The van der Waals surface area contributed by atoms with Crippen LogP contribution in [-0.4, -0.2) is 145 Å². The van der Waals surface area contributed by atoms with E-state index < -0.39 is 0 Å². The number of anilines is 10. The molecular weight excluding hydrogens is 1580 g/mol. The number of methoxy groups -OCH3 is 2. The standard InChI is InChI=1S/C25H29N5O3.C25H26N2O3.C24H27N5O3.C24H26N4O2/c1-33-15-12-26-23-7-5-6-21(28-23)19-16-22(25(32)27-17-19)29-24(31)18-8-10-20(11-9-18)30-13-3-2-4-14-30;1-30-22-13-11-19(12-14-22)21-15-23(25(29)26-16-21)27-24(28)20-9-7-18(8-10-20)17-5-3-2-4-6-17;30-14-11-25-22-6-4-5-20(27-22)18-15-21(24(32)26-16-18)28-23(31)17-7-9-19(10-8-17)29-12-2-1-3-13-29;1-25-20-7-5-6-18(14-20)19-15-22(24(30)26-16-19)27-23(29)17-8-10-21(11-9-17)28-12-3-2-4-13-28/h5-11,16-17H,2-4,12-15H2,1H3,(H,26,28)(H,27,32)(H,29,31);7-17H,2-6H2,1H3,(H,26,29)(H,27,28);4-10,15-16,30H,1-3,11-14H2,(H,25,27)(H,26,32)(H,28,31);5-11,14-16,25H,2-4,12-13H2,1H3,(H,26,30)(H,27,29). The van der Waals surface area contributed by atoms with Crippen molar-refractivity contribution in [2.45, 2.75) is 95.8 Å². The maximum absolute atomic E-state index is 12.8. The predicted octanol–water partition coefficient (Wildman–Crippen LogP) is 16.5. The van der Waals surface area contributed by atoms with Crippen LogP contribution >= 0.6 is 0 Å². The third-order valence-electron chi connectivity index (χ3n) is 22.4. The molecule has 4 aliphatic rings. The molecule has 3 aliphatic heterocycles. The number of hydrogen-bond acceptors (Lipinski definition) is 19. The molecule has 6 aromatic carbocycles. The van der Waals surface area contributed by atoms with Gasteiger partial charge in [0.05, 0.1) is 31.7 Å². The lowest BCUT2D eigenvalue weighted by molar-refractivity contribution is 0.101. The van der Waals surface area contributed by atoms with E-state index in [1.807, 2.05) is 159 Å². The summed E-state index contributed by atoms with van der Waals surface area (Å²) in [6, 6.07) is 63.4. The number of carbonyl (C=O) groups excluding carboxylic acids is 4. The Bertz CT molecular complexity index is 5840. The number of ether oxygens (including phenoxy) is 2. The van der Waals surface area contributed by atoms with Crippen LogP contribution in [0.5, 0.6) is 5.75 Å². The second-order valence-electron chi connectivity index (χ2n) is 31.0. The van der Waals surface area contributed by atoms with Crippen LogP contribution in [0.1, 0.15) is 143 Å². The summed E-state index contributed by atoms with van der Waals surface area (Å²) < 4.78 is 10.2. The highest BCUT2D eigenvalue weighted by molar-refractivity contribution is 6.07. The lowest BCUT2D eigenvalue weighted by Crippen LogP contribution is -2.29. The maximum atomic E-state index is 12.8. The lowest BCUT2D eigenvalue weighted by atomic mass is 9.84. The maximum Gasteiger partial charge on any atom is 0.271 e. The number of pyridine rings is 6. The van der Waals surface area contributed by atoms with Gasteiger partial charge < -0.3 is 86.4 Å². The van der Waals surface area contributed by atoms with E-state index in [1.165, 1.54) is 95.5 Å². The molecule has 3 saturated heterocycles. The zero-order valence-corrected chi connectivity index (χ0v) is 70.8. The van der Waals surface area contributed by atoms with E-state index in [2.05, 4.69) is 81.8 Å². The number of rotatable bonds is 25. The third-order valence-corrected chi connectivity index (χ3v) is 22.4. The molecule has 4 fully saturated rings. The Morgan fingerprint density at radius 1 is 0.392 bits per heavy atom. The zero-order valence-electron chi connectivity index (χ0n) is 70.8. The highest BCUT2D eigenvalue weighted by atomic mass is 16.5. The molecule has 0 spiro atoms. The summed E-state index contributed by atoms with van der Waals surface area (Å²) in [5.41, 5.74) is 13.2. The van der Waals surface area contributed by atoms with E-state index in [-0.39, 0.29) is 75.2 Å². The van der Waals surface area contributed by atoms with Gasteiger partial charge in [0.1, 0.15) is 40.1 Å². The van der Waals surface area contributed by atoms with Crippen LogP contribution in [0.25, 0.3) is 44.8 Å². The summed E-state index contributed by atoms with van der Waals surface area (Å²) in [5, 5.41) is 29.2. The number of nitrogens with zero attached hydrogens (tertiary/aromatic N) is 5. The van der Waals surface area contributed by atoms with Gasteiger partial charge in [0.2, 0.25) is 0 Å². The van der Waals surface area contributed by atoms with Gasteiger partial charge in [-0.25, -0.2) is 9.97 Å². The molecule has 27 nitrogen and oxygen atoms in total. The smallest absolute Gasteiger partial charge is 0.271 e. The fourth-order valence-electron chi connectivity index (χ4n) is 15.5. The number of aliphatic hydroxyl groups excluding tert-OH is 1. The molecule has 0 radical (unpaired) electrons. The Morgan fingerprint density at radius 2 is 0.752 bits per heavy atom. The van der Waals surface area contributed by atoms with Crippen LogP contribution in [0.15, 0.2) is 250 Å². The first kappa shape index (κ1) is 88.6. The first-order valence-corrected chi connectivity index (χ1v) is 42.8. The average molecular weight is 1690 g/mol. The van der Waals surface area contributed by atoms with Gasteiger partial charge in [0.25, 0.3) is 45.9 Å². The van der Waals surface area contributed by atoms with Crippen molar-refractivity contribution in [2.24, 2.45) is 0 Å². The first-order valence-electron chi connectivity index (χ1n) is 42.8. The molecule has 16 rings (SSSR count). The largest absolute Gasteiger partial charge is 0.497 e. The summed E-state index contributed by atoms with van der Waals surface area (Å²) in [5.74, 6) is 1.41. The predicted molar refractivity (Wildman–Crippen MR) is 499 cm³/mol. The molecule has 4 amide bonds. The van der Waals surface area contributed by atoms with Crippen LogP contribution < -0.4 is 78.9 Å². The second kappa shape index (κ2) is 44.6. The van der Waals surface area contributed by atoms with Crippen molar-refractivity contribution >= 4 is 80.8 Å². The summed E-state index contributed by atoms with van der Waals surface area (Å²) in [6.07, 6.45) is 23.8. The normalized spacial score (nSPS) is 13.8. The highest BCUT2D eigenvalue weighted by Gasteiger charge is 2.22. The van der Waals surface area contributed by atoms with Gasteiger partial charge >= 0.3 is 0 Å². The minimum Gasteiger partial charge on any atom is -0.497 e. The molecule has 0 unspecified atom stereocenters. The summed E-state index contributed by atoms with van der Waals surface area (Å²) in [4.78, 5) is 127. The number of aromatic amines is 4. The number of piperidine rings is 3. The molecule has 1 saturated carbocycles. The SMILES string of the molecule is CNc1cccc(-c2c[nH]c(=O)c(NC(=O)c3ccc(N4CCCCC4)cc3)c2)c1.COCCNc1cccc(-c2c[nH]c(=O)c(NC(=O)c3ccc(N4CCCCC4)cc3)c2)n1.COc1ccc(-c2c[nH]c(=O)c(NC(=O)c3ccc(C4CCCCC4)cc3)c2)cc1.O=C(Nc1cc(-c2cccc(NCCO)n2)c[nH]c1=O)c1ccc(N2CCCCC2)cc1. The van der Waals surface area contributed by atoms with Crippen LogP contribution in [0.4, 0.5) is 57.1 Å². The van der Waals surface area contributed by atoms with Crippen molar-refractivity contribution in [3.05, 3.63) is 300 Å². The van der Waals surface area contributed by atoms with E-state index in [4.69, 9.17) is 14.6 Å². The first-order chi connectivity index (χ1) is 61.0. The molecule has 0 bridgehead atoms. The van der Waals surface area contributed by atoms with E-state index in [0.29, 0.717) is 82.0 Å². The second-order valence-corrected chi connectivity index (χ2v) is 31.0. The Labute approximate surface area is 725 Å². The molecule has 12 N–H and O–H groups in total. The van der Waals surface area contributed by atoms with Gasteiger partial charge in [0, 0.05) is 159 Å². The minimum absolute atomic E-state index is 0.000244. The number of nitrogens with one attached hydrogen (secondary N) is 11. The van der Waals surface area contributed by atoms with Crippen molar-refractivity contribution in [1.82, 2.24) is 29.9 Å². The number of H-pyrrole nitrogens is 4. The summed E-state index contributed by atoms with van der Waals surface area (Å²) in [7, 11) is 5.11. The number of aromatic nitrogens is 6. The van der Waals surface area contributed by atoms with Gasteiger partial charge in [-0.15, -0.1) is 0 Å². The van der Waals surface area contributed by atoms with Crippen molar-refractivity contribution < 1.29 is 33.8 Å². The Balaban J connectivity index is 0.000000143. The quantitative estimate of drug-likeness (QED) is 0.0236. The number of benzene rings is 6.